The summed E-state index contributed by atoms with van der Waals surface area (Å²) in [7, 11) is 2.91. The van der Waals surface area contributed by atoms with Crippen LogP contribution in [0.2, 0.25) is 0 Å². The van der Waals surface area contributed by atoms with Crippen LogP contribution in [0.3, 0.4) is 0 Å². The first-order valence-electron chi connectivity index (χ1n) is 20.2. The summed E-state index contributed by atoms with van der Waals surface area (Å²) >= 11 is 2.58. The number of nitrogens with zero attached hydrogens (tertiary/aromatic N) is 6. The van der Waals surface area contributed by atoms with Gasteiger partial charge < -0.3 is 30.7 Å². The molecule has 3 aliphatic rings. The van der Waals surface area contributed by atoms with Crippen molar-refractivity contribution in [3.63, 3.8) is 0 Å². The van der Waals surface area contributed by atoms with E-state index in [1.165, 1.54) is 35.7 Å². The van der Waals surface area contributed by atoms with Crippen LogP contribution in [0, 0.1) is 0 Å². The van der Waals surface area contributed by atoms with E-state index in [9.17, 15) is 14.4 Å². The molecular formula is C46H43N10O6S2+. The van der Waals surface area contributed by atoms with E-state index < -0.39 is 27.8 Å². The number of oxime groups is 1. The number of hydrogen-bond donors (Lipinski definition) is 4. The van der Waals surface area contributed by atoms with Gasteiger partial charge in [-0.15, -0.1) is 0 Å². The number of hydrazine groups is 1. The molecule has 2 aromatic heterocycles. The van der Waals surface area contributed by atoms with Gasteiger partial charge in [0.25, 0.3) is 5.91 Å². The summed E-state index contributed by atoms with van der Waals surface area (Å²) in [5.41, 5.74) is 9.95. The summed E-state index contributed by atoms with van der Waals surface area (Å²) in [6.07, 6.45) is 6.33. The van der Waals surface area contributed by atoms with Crippen molar-refractivity contribution in [1.82, 2.24) is 35.0 Å². The molecule has 2 atom stereocenters. The summed E-state index contributed by atoms with van der Waals surface area (Å²) in [5.74, 6) is -0.647. The predicted molar refractivity (Wildman–Crippen MR) is 242 cm³/mol. The van der Waals surface area contributed by atoms with Gasteiger partial charge in [0.15, 0.2) is 0 Å². The standard InChI is InChI=1S/C46H42N10O6S2/c1-60-35-20-18-31(19-21-35)30-62-44(59)43-36(28-53-25-23-37(47)56-40(53)22-24-48-56)46(50-38(57)27-49-61-2,63-42-26-41(58)55(42)43)54-29-39(64-52-54)51-45(32-12-6-3-7-13-32,33-14-8-4-9-15-33)34-16-10-5-11-17-34/h3-25,27,29,42,47,51-52H,26,28,30H2,1-2H3,(H,50,57)/p+1/t42-,46?/m0/s1. The molecule has 0 spiro atoms. The van der Waals surface area contributed by atoms with E-state index in [0.717, 1.165) is 22.9 Å². The summed E-state index contributed by atoms with van der Waals surface area (Å²) < 4.78 is 14.8. The molecule has 3 aliphatic heterocycles. The number of thioether (sulfide) groups is 1. The molecule has 0 aliphatic carbocycles. The Morgan fingerprint density at radius 3 is 2.22 bits per heavy atom. The fraction of sp³-hybridized carbons (Fsp3) is 0.174. The summed E-state index contributed by atoms with van der Waals surface area (Å²) in [5, 5.41) is 17.1. The highest BCUT2D eigenvalue weighted by Gasteiger charge is 2.59. The molecule has 9 rings (SSSR count). The van der Waals surface area contributed by atoms with E-state index in [-0.39, 0.29) is 31.2 Å². The number of esters is 1. The highest BCUT2D eigenvalue weighted by Crippen LogP contribution is 2.52. The molecule has 1 fully saturated rings. The van der Waals surface area contributed by atoms with Crippen LogP contribution in [0.15, 0.2) is 167 Å². The topological polar surface area (TPSA) is 181 Å². The molecule has 16 nitrogen and oxygen atoms in total. The molecule has 1 unspecified atom stereocenters. The van der Waals surface area contributed by atoms with Crippen LogP contribution in [0.25, 0.3) is 5.65 Å². The SMILES string of the molecule is CON=CC(=O)NC1(N2C=C(NC(c3ccccc3)(c3ccccc3)c3ccccc3)SN2)S[C@H]2CC(=O)N2C(C(=O)OCc2ccc(OC)cc2)=C1C[n+]1ccc(N)n2nccc21. The van der Waals surface area contributed by atoms with Gasteiger partial charge in [0.05, 0.1) is 49.1 Å². The fourth-order valence-electron chi connectivity index (χ4n) is 8.11. The van der Waals surface area contributed by atoms with Crippen molar-refractivity contribution in [2.24, 2.45) is 5.16 Å². The number of ether oxygens (including phenoxy) is 2. The number of fused-ring (bicyclic) bond motifs is 2. The Hall–Kier alpha value is -7.28. The lowest BCUT2D eigenvalue weighted by molar-refractivity contribution is -0.667. The van der Waals surface area contributed by atoms with E-state index in [2.05, 4.69) is 62.1 Å². The first-order chi connectivity index (χ1) is 31.2. The number of β-lactam (4-membered cyclic amide) rings is 1. The van der Waals surface area contributed by atoms with Crippen LogP contribution in [0.1, 0.15) is 28.7 Å². The molecule has 18 heteroatoms. The first-order valence-corrected chi connectivity index (χ1v) is 21.9. The van der Waals surface area contributed by atoms with Crippen LogP contribution in [0.4, 0.5) is 5.82 Å². The van der Waals surface area contributed by atoms with Gasteiger partial charge in [-0.1, -0.05) is 130 Å². The Kier molecular flexibility index (Phi) is 11.7. The normalized spacial score (nSPS) is 18.4. The van der Waals surface area contributed by atoms with Crippen LogP contribution < -0.4 is 30.5 Å². The summed E-state index contributed by atoms with van der Waals surface area (Å²) in [6, 6.07) is 41.1. The number of amides is 2. The number of anilines is 1. The van der Waals surface area contributed by atoms with Crippen molar-refractivity contribution in [3.05, 3.63) is 185 Å². The third kappa shape index (κ3) is 7.75. The number of rotatable bonds is 15. The van der Waals surface area contributed by atoms with Gasteiger partial charge in [-0.25, -0.2) is 9.36 Å². The van der Waals surface area contributed by atoms with Gasteiger partial charge in [0.1, 0.15) is 48.5 Å². The highest BCUT2D eigenvalue weighted by atomic mass is 32.2. The van der Waals surface area contributed by atoms with Crippen LogP contribution in [-0.4, -0.2) is 68.1 Å². The quantitative estimate of drug-likeness (QED) is 0.0211. The van der Waals surface area contributed by atoms with E-state index in [1.807, 2.05) is 65.4 Å². The molecular weight excluding hydrogens is 853 g/mol. The maximum Gasteiger partial charge on any atom is 0.355 e. The van der Waals surface area contributed by atoms with Gasteiger partial charge in [-0.2, -0.15) is 4.83 Å². The molecule has 1 saturated heterocycles. The number of nitrogen functional groups attached to an aromatic ring is 1. The number of hydrogen-bond acceptors (Lipinski definition) is 14. The lowest BCUT2D eigenvalue weighted by Gasteiger charge is -2.53. The zero-order valence-electron chi connectivity index (χ0n) is 34.7. The third-order valence-electron chi connectivity index (χ3n) is 11.1. The number of nitrogens with two attached hydrogens (primary N) is 1. The molecule has 6 aromatic rings. The van der Waals surface area contributed by atoms with Crippen molar-refractivity contribution >= 4 is 59.2 Å². The molecule has 324 valence electrons. The largest absolute Gasteiger partial charge is 0.497 e. The van der Waals surface area contributed by atoms with Crippen LogP contribution in [-0.2, 0) is 42.6 Å². The Morgan fingerprint density at radius 1 is 0.953 bits per heavy atom. The van der Waals surface area contributed by atoms with E-state index in [4.69, 9.17) is 20.0 Å². The average molecular weight is 896 g/mol. The van der Waals surface area contributed by atoms with Gasteiger partial charge >= 0.3 is 11.6 Å². The number of carbonyl (C=O) groups is 3. The number of methoxy groups -OCH3 is 1. The summed E-state index contributed by atoms with van der Waals surface area (Å²) in [6.45, 7) is -0.150. The predicted octanol–water partition coefficient (Wildman–Crippen LogP) is 4.77. The maximum atomic E-state index is 14.8. The second-order valence-electron chi connectivity index (χ2n) is 14.8. The van der Waals surface area contributed by atoms with Crippen LogP contribution >= 0.6 is 23.7 Å². The van der Waals surface area contributed by atoms with Crippen molar-refractivity contribution < 1.29 is 33.3 Å². The highest BCUT2D eigenvalue weighted by molar-refractivity contribution is 8.02. The number of benzene rings is 4. The Balaban J connectivity index is 1.22. The number of aromatic nitrogens is 3. The number of carbonyl (C=O) groups excluding carboxylic acids is 3. The van der Waals surface area contributed by atoms with E-state index in [1.54, 1.807) is 65.4 Å². The average Bonchev–Trinajstić information content (AvgIpc) is 4.03. The Bertz CT molecular complexity index is 2690. The zero-order chi connectivity index (χ0) is 44.3. The van der Waals surface area contributed by atoms with Gasteiger partial charge in [0, 0.05) is 6.07 Å². The van der Waals surface area contributed by atoms with Crippen LogP contribution in [0.5, 0.6) is 5.75 Å². The van der Waals surface area contributed by atoms with Crippen molar-refractivity contribution in [2.75, 3.05) is 20.0 Å². The molecule has 0 bridgehead atoms. The third-order valence-corrected chi connectivity index (χ3v) is 13.4. The minimum Gasteiger partial charge on any atom is -0.497 e. The molecule has 0 saturated carbocycles. The molecule has 64 heavy (non-hydrogen) atoms. The Labute approximate surface area is 376 Å². The fourth-order valence-corrected chi connectivity index (χ4v) is 10.5. The lowest BCUT2D eigenvalue weighted by atomic mass is 9.77. The molecule has 4 aromatic carbocycles. The minimum absolute atomic E-state index is 0.0201. The van der Waals surface area contributed by atoms with E-state index >= 15 is 0 Å². The molecule has 5 N–H and O–H groups in total. The molecule has 0 radical (unpaired) electrons. The number of nitrogens with one attached hydrogen (secondary N) is 3. The van der Waals surface area contributed by atoms with Gasteiger partial charge in [-0.3, -0.25) is 19.5 Å². The van der Waals surface area contributed by atoms with Gasteiger partial charge in [0.2, 0.25) is 16.7 Å². The maximum absolute atomic E-state index is 14.8. The minimum atomic E-state index is -1.62. The Morgan fingerprint density at radius 2 is 1.61 bits per heavy atom. The first kappa shape index (κ1) is 42.0. The lowest BCUT2D eigenvalue weighted by Crippen LogP contribution is -2.69. The smallest absolute Gasteiger partial charge is 0.355 e. The molecule has 5 heterocycles. The second-order valence-corrected chi connectivity index (χ2v) is 17.0. The van der Waals surface area contributed by atoms with Crippen molar-refractivity contribution in [2.45, 2.75) is 35.5 Å². The van der Waals surface area contributed by atoms with Crippen molar-refractivity contribution in [3.8, 4) is 5.75 Å². The monoisotopic (exact) mass is 895 g/mol. The van der Waals surface area contributed by atoms with Crippen molar-refractivity contribution in [1.29, 1.82) is 0 Å². The van der Waals surface area contributed by atoms with Gasteiger partial charge in [-0.05, 0) is 46.3 Å². The molecule has 2 amide bonds. The zero-order valence-corrected chi connectivity index (χ0v) is 36.3. The second kappa shape index (κ2) is 17.8. The van der Waals surface area contributed by atoms with E-state index in [0.29, 0.717) is 33.4 Å². The summed E-state index contributed by atoms with van der Waals surface area (Å²) in [4.78, 5) is 50.8.